The predicted molar refractivity (Wildman–Crippen MR) is 81.1 cm³/mol. The summed E-state index contributed by atoms with van der Waals surface area (Å²) in [5, 5.41) is 5.79. The van der Waals surface area contributed by atoms with Crippen LogP contribution >= 0.6 is 12.4 Å². The average Bonchev–Trinajstić information content (AvgIpc) is 2.89. The molecule has 0 amide bonds. The van der Waals surface area contributed by atoms with Crippen LogP contribution in [0.3, 0.4) is 0 Å². The molecule has 1 aromatic heterocycles. The summed E-state index contributed by atoms with van der Waals surface area (Å²) in [6.45, 7) is 1.15. The molecule has 0 radical (unpaired) electrons. The van der Waals surface area contributed by atoms with Gasteiger partial charge in [0.1, 0.15) is 0 Å². The molecule has 0 spiro atoms. The van der Waals surface area contributed by atoms with Crippen molar-refractivity contribution in [3.8, 4) is 0 Å². The van der Waals surface area contributed by atoms with Crippen molar-refractivity contribution in [2.75, 3.05) is 17.2 Å². The second-order valence-electron chi connectivity index (χ2n) is 5.15. The smallest absolute Gasteiger partial charge is 0.398 e. The van der Waals surface area contributed by atoms with Crippen LogP contribution in [0.4, 0.5) is 24.5 Å². The van der Waals surface area contributed by atoms with Crippen molar-refractivity contribution in [1.82, 2.24) is 10.2 Å². The van der Waals surface area contributed by atoms with Crippen LogP contribution in [0.15, 0.2) is 24.3 Å². The molecule has 0 saturated carbocycles. The molecule has 22 heavy (non-hydrogen) atoms. The van der Waals surface area contributed by atoms with Crippen LogP contribution in [0.2, 0.25) is 0 Å². The summed E-state index contributed by atoms with van der Waals surface area (Å²) in [5.41, 5.74) is 8.31. The van der Waals surface area contributed by atoms with E-state index in [1.807, 2.05) is 23.1 Å². The maximum Gasteiger partial charge on any atom is 0.435 e. The van der Waals surface area contributed by atoms with Gasteiger partial charge in [-0.2, -0.15) is 18.3 Å². The van der Waals surface area contributed by atoms with Crippen molar-refractivity contribution >= 4 is 23.8 Å². The second-order valence-corrected chi connectivity index (χ2v) is 5.15. The summed E-state index contributed by atoms with van der Waals surface area (Å²) in [6.07, 6.45) is -2.59. The molecular formula is C14H16ClF3N4. The molecular weight excluding hydrogens is 317 g/mol. The lowest BCUT2D eigenvalue weighted by atomic mass is 10.00. The molecule has 120 valence electrons. The molecule has 3 N–H and O–H groups in total. The van der Waals surface area contributed by atoms with Gasteiger partial charge in [-0.1, -0.05) is 6.07 Å². The number of alkyl halides is 3. The Kier molecular flexibility index (Phi) is 4.55. The van der Waals surface area contributed by atoms with Crippen LogP contribution in [-0.4, -0.2) is 16.7 Å². The molecule has 0 unspecified atom stereocenters. The lowest BCUT2D eigenvalue weighted by Crippen LogP contribution is -2.29. The van der Waals surface area contributed by atoms with Crippen molar-refractivity contribution in [1.29, 1.82) is 0 Å². The number of nitrogen functional groups attached to an aromatic ring is 1. The number of aromatic nitrogens is 2. The van der Waals surface area contributed by atoms with Gasteiger partial charge in [0.25, 0.3) is 0 Å². The first-order chi connectivity index (χ1) is 9.95. The summed E-state index contributed by atoms with van der Waals surface area (Å²) in [5.74, 6) is 0. The number of fused-ring (bicyclic) bond motifs is 1. The van der Waals surface area contributed by atoms with Crippen molar-refractivity contribution in [2.24, 2.45) is 0 Å². The Bertz CT molecular complexity index is 654. The number of H-pyrrole nitrogens is 1. The van der Waals surface area contributed by atoms with Crippen LogP contribution in [0.1, 0.15) is 23.4 Å². The van der Waals surface area contributed by atoms with Gasteiger partial charge in [0.15, 0.2) is 5.69 Å². The van der Waals surface area contributed by atoms with Crippen molar-refractivity contribution < 1.29 is 13.2 Å². The third-order valence-corrected chi connectivity index (χ3v) is 3.67. The molecule has 0 bridgehead atoms. The molecule has 1 aliphatic rings. The highest BCUT2D eigenvalue weighted by molar-refractivity contribution is 5.85. The van der Waals surface area contributed by atoms with E-state index in [1.165, 1.54) is 0 Å². The van der Waals surface area contributed by atoms with E-state index in [0.29, 0.717) is 12.2 Å². The SMILES string of the molecule is Cl.Nc1cccc2c1CCCN2Cc1cc(C(F)(F)F)n[nH]1. The summed E-state index contributed by atoms with van der Waals surface area (Å²) in [6, 6.07) is 6.72. The average molecular weight is 333 g/mol. The number of hydrogen-bond acceptors (Lipinski definition) is 3. The highest BCUT2D eigenvalue weighted by atomic mass is 35.5. The quantitative estimate of drug-likeness (QED) is 0.829. The van der Waals surface area contributed by atoms with Gasteiger partial charge >= 0.3 is 6.18 Å². The minimum absolute atomic E-state index is 0. The fourth-order valence-electron chi connectivity index (χ4n) is 2.69. The van der Waals surface area contributed by atoms with Crippen molar-refractivity contribution in [2.45, 2.75) is 25.6 Å². The van der Waals surface area contributed by atoms with Crippen LogP contribution in [0, 0.1) is 0 Å². The van der Waals surface area contributed by atoms with E-state index < -0.39 is 11.9 Å². The minimum Gasteiger partial charge on any atom is -0.398 e. The number of halogens is 4. The first-order valence-corrected chi connectivity index (χ1v) is 6.69. The first kappa shape index (κ1) is 16.5. The molecule has 0 atom stereocenters. The lowest BCUT2D eigenvalue weighted by Gasteiger charge is -2.31. The predicted octanol–water partition coefficient (Wildman–Crippen LogP) is 3.39. The first-order valence-electron chi connectivity index (χ1n) is 6.69. The van der Waals surface area contributed by atoms with Gasteiger partial charge in [-0.05, 0) is 36.6 Å². The van der Waals surface area contributed by atoms with Gasteiger partial charge in [0.2, 0.25) is 0 Å². The topological polar surface area (TPSA) is 57.9 Å². The Hall–Kier alpha value is -1.89. The van der Waals surface area contributed by atoms with E-state index in [-0.39, 0.29) is 12.4 Å². The maximum absolute atomic E-state index is 12.6. The zero-order chi connectivity index (χ0) is 15.0. The standard InChI is InChI=1S/C14H15F3N4.ClH/c15-14(16,17)13-7-9(19-20-13)8-21-6-2-3-10-11(18)4-1-5-12(10)21;/h1,4-5,7H,2-3,6,8,18H2,(H,19,20);1H. The van der Waals surface area contributed by atoms with Gasteiger partial charge in [-0.3, -0.25) is 5.10 Å². The number of anilines is 2. The van der Waals surface area contributed by atoms with Gasteiger partial charge in [0.05, 0.1) is 12.2 Å². The molecule has 2 aromatic rings. The zero-order valence-corrected chi connectivity index (χ0v) is 12.5. The van der Waals surface area contributed by atoms with E-state index in [4.69, 9.17) is 5.73 Å². The summed E-state index contributed by atoms with van der Waals surface area (Å²) in [4.78, 5) is 2.03. The van der Waals surface area contributed by atoms with Gasteiger partial charge in [-0.15, -0.1) is 12.4 Å². The largest absolute Gasteiger partial charge is 0.435 e. The normalized spacial score (nSPS) is 14.4. The molecule has 4 nitrogen and oxygen atoms in total. The highest BCUT2D eigenvalue weighted by Crippen LogP contribution is 2.33. The second kappa shape index (κ2) is 6.08. The van der Waals surface area contributed by atoms with Gasteiger partial charge in [0, 0.05) is 17.9 Å². The lowest BCUT2D eigenvalue weighted by molar-refractivity contribution is -0.141. The van der Waals surface area contributed by atoms with Crippen LogP contribution in [0.25, 0.3) is 0 Å². The summed E-state index contributed by atoms with van der Waals surface area (Å²) in [7, 11) is 0. The maximum atomic E-state index is 12.6. The molecule has 0 aliphatic carbocycles. The number of nitrogens with zero attached hydrogens (tertiary/aromatic N) is 2. The van der Waals surface area contributed by atoms with Gasteiger partial charge < -0.3 is 10.6 Å². The minimum atomic E-state index is -4.42. The van der Waals surface area contributed by atoms with E-state index >= 15 is 0 Å². The van der Waals surface area contributed by atoms with E-state index in [2.05, 4.69) is 10.2 Å². The summed E-state index contributed by atoms with van der Waals surface area (Å²) < 4.78 is 37.7. The molecule has 1 aromatic carbocycles. The number of hydrogen-bond donors (Lipinski definition) is 2. The zero-order valence-electron chi connectivity index (χ0n) is 11.7. The monoisotopic (exact) mass is 332 g/mol. The number of benzene rings is 1. The molecule has 2 heterocycles. The Morgan fingerprint density at radius 1 is 1.32 bits per heavy atom. The fourth-order valence-corrected chi connectivity index (χ4v) is 2.69. The molecule has 0 fully saturated rings. The highest BCUT2D eigenvalue weighted by Gasteiger charge is 2.34. The molecule has 3 rings (SSSR count). The Morgan fingerprint density at radius 3 is 2.77 bits per heavy atom. The third-order valence-electron chi connectivity index (χ3n) is 3.67. The number of nitrogens with two attached hydrogens (primary N) is 1. The van der Waals surface area contributed by atoms with Crippen LogP contribution in [0.5, 0.6) is 0 Å². The molecule has 0 saturated heterocycles. The molecule has 1 aliphatic heterocycles. The van der Waals surface area contributed by atoms with Crippen LogP contribution in [-0.2, 0) is 19.1 Å². The fraction of sp³-hybridized carbons (Fsp3) is 0.357. The number of nitrogens with one attached hydrogen (secondary N) is 1. The summed E-state index contributed by atoms with van der Waals surface area (Å²) >= 11 is 0. The van der Waals surface area contributed by atoms with Crippen molar-refractivity contribution in [3.05, 3.63) is 41.2 Å². The Labute approximate surface area is 131 Å². The van der Waals surface area contributed by atoms with E-state index in [0.717, 1.165) is 42.4 Å². The number of aromatic amines is 1. The van der Waals surface area contributed by atoms with E-state index in [1.54, 1.807) is 0 Å². The van der Waals surface area contributed by atoms with Crippen LogP contribution < -0.4 is 10.6 Å². The third kappa shape index (κ3) is 3.14. The van der Waals surface area contributed by atoms with Gasteiger partial charge in [-0.25, -0.2) is 0 Å². The Balaban J connectivity index is 0.00000176. The number of rotatable bonds is 2. The van der Waals surface area contributed by atoms with E-state index in [9.17, 15) is 13.2 Å². The Morgan fingerprint density at radius 2 is 2.09 bits per heavy atom. The molecule has 8 heteroatoms. The van der Waals surface area contributed by atoms with Crippen molar-refractivity contribution in [3.63, 3.8) is 0 Å².